The molecule has 0 saturated heterocycles. The first-order chi connectivity index (χ1) is 16.4. The van der Waals surface area contributed by atoms with Gasteiger partial charge in [-0.15, -0.1) is 0 Å². The van der Waals surface area contributed by atoms with Crippen LogP contribution in [0, 0.1) is 12.7 Å². The highest BCUT2D eigenvalue weighted by Gasteiger charge is 2.22. The number of amides is 1. The van der Waals surface area contributed by atoms with Crippen LogP contribution in [0.5, 0.6) is 0 Å². The van der Waals surface area contributed by atoms with E-state index in [4.69, 9.17) is 16.5 Å². The smallest absolute Gasteiger partial charge is 0.269 e. The molecule has 0 radical (unpaired) electrons. The molecule has 3 heterocycles. The topological polar surface area (TPSA) is 148 Å². The molecule has 0 atom stereocenters. The molecule has 10 heteroatoms. The van der Waals surface area contributed by atoms with E-state index in [1.54, 1.807) is 18.3 Å². The Morgan fingerprint density at radius 1 is 1.06 bits per heavy atom. The standard InChI is InChI=1S/C24H19FN8O/c1-12-6-8-17-15(11-29-33-17)19(12)21-20(26)22(23(27)34)32-24(31-21)14-4-2-3-5-16(14)30-18-9-7-13(25)10-28-18/h2-11H,26H2,1H3,(H2,27,34)(H,28,30)(H,29,33). The second-order valence-electron chi connectivity index (χ2n) is 7.64. The Morgan fingerprint density at radius 2 is 1.88 bits per heavy atom. The third-order valence-corrected chi connectivity index (χ3v) is 5.41. The molecule has 5 rings (SSSR count). The summed E-state index contributed by atoms with van der Waals surface area (Å²) in [6.07, 6.45) is 2.79. The molecule has 0 aliphatic carbocycles. The minimum absolute atomic E-state index is 0.0821. The summed E-state index contributed by atoms with van der Waals surface area (Å²) in [5, 5.41) is 11.0. The Morgan fingerprint density at radius 3 is 2.65 bits per heavy atom. The minimum atomic E-state index is -0.773. The predicted octanol–water partition coefficient (Wildman–Crippen LogP) is 3.95. The van der Waals surface area contributed by atoms with Gasteiger partial charge in [-0.2, -0.15) is 5.10 Å². The molecule has 0 saturated carbocycles. The van der Waals surface area contributed by atoms with Crippen molar-refractivity contribution >= 4 is 34.0 Å². The molecule has 0 aliphatic heterocycles. The van der Waals surface area contributed by atoms with E-state index in [1.807, 2.05) is 31.2 Å². The SMILES string of the molecule is Cc1ccc2[nH]ncc2c1-c1nc(-c2ccccc2Nc2ccc(F)cn2)nc(C(N)=O)c1N. The van der Waals surface area contributed by atoms with Crippen LogP contribution in [-0.4, -0.2) is 31.1 Å². The molecular formula is C24H19FN8O. The normalized spacial score (nSPS) is 11.0. The van der Waals surface area contributed by atoms with Gasteiger partial charge >= 0.3 is 0 Å². The maximum absolute atomic E-state index is 13.3. The number of nitrogens with zero attached hydrogens (tertiary/aromatic N) is 4. The Bertz CT molecular complexity index is 1550. The van der Waals surface area contributed by atoms with E-state index in [0.717, 1.165) is 28.2 Å². The number of aryl methyl sites for hydroxylation is 1. The van der Waals surface area contributed by atoms with E-state index < -0.39 is 11.7 Å². The van der Waals surface area contributed by atoms with Crippen molar-refractivity contribution in [1.29, 1.82) is 0 Å². The van der Waals surface area contributed by atoms with Gasteiger partial charge in [0.25, 0.3) is 5.91 Å². The Kier molecular flexibility index (Phi) is 5.09. The fourth-order valence-corrected chi connectivity index (χ4v) is 3.78. The number of pyridine rings is 1. The largest absolute Gasteiger partial charge is 0.395 e. The molecule has 0 spiro atoms. The number of nitrogens with one attached hydrogen (secondary N) is 2. The summed E-state index contributed by atoms with van der Waals surface area (Å²) in [7, 11) is 0. The summed E-state index contributed by atoms with van der Waals surface area (Å²) in [6.45, 7) is 1.92. The van der Waals surface area contributed by atoms with Crippen molar-refractivity contribution in [2.45, 2.75) is 6.92 Å². The minimum Gasteiger partial charge on any atom is -0.395 e. The van der Waals surface area contributed by atoms with E-state index in [2.05, 4.69) is 25.5 Å². The van der Waals surface area contributed by atoms with Crippen LogP contribution in [-0.2, 0) is 0 Å². The average Bonchev–Trinajstić information content (AvgIpc) is 3.30. The van der Waals surface area contributed by atoms with Crippen molar-refractivity contribution in [3.8, 4) is 22.6 Å². The van der Waals surface area contributed by atoms with E-state index >= 15 is 0 Å². The van der Waals surface area contributed by atoms with Gasteiger partial charge in [0.15, 0.2) is 11.5 Å². The predicted molar refractivity (Wildman–Crippen MR) is 128 cm³/mol. The first-order valence-electron chi connectivity index (χ1n) is 10.3. The third kappa shape index (κ3) is 3.66. The van der Waals surface area contributed by atoms with Gasteiger partial charge in [-0.1, -0.05) is 18.2 Å². The highest BCUT2D eigenvalue weighted by Crippen LogP contribution is 2.37. The number of rotatable bonds is 5. The van der Waals surface area contributed by atoms with Crippen LogP contribution in [0.2, 0.25) is 0 Å². The van der Waals surface area contributed by atoms with Crippen LogP contribution in [0.15, 0.2) is 60.9 Å². The number of nitrogens with two attached hydrogens (primary N) is 2. The first kappa shape index (κ1) is 21.0. The number of hydrogen-bond acceptors (Lipinski definition) is 7. The van der Waals surface area contributed by atoms with Crippen LogP contribution in [0.25, 0.3) is 33.5 Å². The van der Waals surface area contributed by atoms with Crippen molar-refractivity contribution < 1.29 is 9.18 Å². The van der Waals surface area contributed by atoms with E-state index in [9.17, 15) is 9.18 Å². The Hall–Kier alpha value is -4.86. The lowest BCUT2D eigenvalue weighted by Crippen LogP contribution is -2.18. The van der Waals surface area contributed by atoms with E-state index in [0.29, 0.717) is 22.8 Å². The highest BCUT2D eigenvalue weighted by molar-refractivity contribution is 6.04. The van der Waals surface area contributed by atoms with Crippen LogP contribution < -0.4 is 16.8 Å². The zero-order chi connectivity index (χ0) is 23.8. The molecular weight excluding hydrogens is 435 g/mol. The molecule has 0 bridgehead atoms. The van der Waals surface area contributed by atoms with Gasteiger partial charge in [-0.3, -0.25) is 9.89 Å². The number of halogens is 1. The number of aromatic nitrogens is 5. The summed E-state index contributed by atoms with van der Waals surface area (Å²) in [6, 6.07) is 13.8. The summed E-state index contributed by atoms with van der Waals surface area (Å²) < 4.78 is 13.3. The monoisotopic (exact) mass is 454 g/mol. The molecule has 9 nitrogen and oxygen atoms in total. The van der Waals surface area contributed by atoms with E-state index in [-0.39, 0.29) is 17.2 Å². The lowest BCUT2D eigenvalue weighted by molar-refractivity contribution is 0.0996. The fourth-order valence-electron chi connectivity index (χ4n) is 3.78. The average molecular weight is 454 g/mol. The van der Waals surface area contributed by atoms with Gasteiger partial charge in [0.05, 0.1) is 35.0 Å². The van der Waals surface area contributed by atoms with Crippen LogP contribution in [0.4, 0.5) is 21.6 Å². The zero-order valence-corrected chi connectivity index (χ0v) is 18.0. The van der Waals surface area contributed by atoms with Gasteiger partial charge in [-0.25, -0.2) is 19.3 Å². The Labute approximate surface area is 193 Å². The van der Waals surface area contributed by atoms with E-state index in [1.165, 1.54) is 12.1 Å². The summed E-state index contributed by atoms with van der Waals surface area (Å²) >= 11 is 0. The summed E-state index contributed by atoms with van der Waals surface area (Å²) in [5.41, 5.74) is 15.9. The lowest BCUT2D eigenvalue weighted by atomic mass is 9.99. The molecule has 5 aromatic rings. The number of fused-ring (bicyclic) bond motifs is 1. The quantitative estimate of drug-likeness (QED) is 0.314. The maximum atomic E-state index is 13.3. The van der Waals surface area contributed by atoms with Crippen molar-refractivity contribution in [3.05, 3.63) is 78.0 Å². The lowest BCUT2D eigenvalue weighted by Gasteiger charge is -2.15. The number of benzene rings is 2. The van der Waals surface area contributed by atoms with Gasteiger partial charge < -0.3 is 16.8 Å². The third-order valence-electron chi connectivity index (χ3n) is 5.41. The second-order valence-corrected chi connectivity index (χ2v) is 7.64. The molecule has 0 fully saturated rings. The molecule has 0 unspecified atom stereocenters. The van der Waals surface area contributed by atoms with Crippen LogP contribution in [0.1, 0.15) is 16.1 Å². The molecule has 168 valence electrons. The number of hydrogen-bond donors (Lipinski definition) is 4. The first-order valence-corrected chi connectivity index (χ1v) is 10.3. The number of H-pyrrole nitrogens is 1. The zero-order valence-electron chi connectivity index (χ0n) is 18.0. The fraction of sp³-hybridized carbons (Fsp3) is 0.0417. The number of aromatic amines is 1. The number of primary amides is 1. The number of anilines is 3. The number of carbonyl (C=O) groups excluding carboxylic acids is 1. The van der Waals surface area contributed by atoms with Gasteiger partial charge in [0.2, 0.25) is 0 Å². The van der Waals surface area contributed by atoms with Crippen LogP contribution >= 0.6 is 0 Å². The Balaban J connectivity index is 1.72. The highest BCUT2D eigenvalue weighted by atomic mass is 19.1. The van der Waals surface area contributed by atoms with Gasteiger partial charge in [0, 0.05) is 16.5 Å². The van der Waals surface area contributed by atoms with Gasteiger partial charge in [0.1, 0.15) is 11.6 Å². The number of carbonyl (C=O) groups is 1. The maximum Gasteiger partial charge on any atom is 0.269 e. The second kappa shape index (κ2) is 8.24. The molecule has 0 aliphatic rings. The van der Waals surface area contributed by atoms with Gasteiger partial charge in [-0.05, 0) is 42.8 Å². The van der Waals surface area contributed by atoms with Crippen molar-refractivity contribution in [3.63, 3.8) is 0 Å². The molecule has 2 aromatic carbocycles. The van der Waals surface area contributed by atoms with Crippen molar-refractivity contribution in [1.82, 2.24) is 25.1 Å². The van der Waals surface area contributed by atoms with Crippen molar-refractivity contribution in [2.24, 2.45) is 5.73 Å². The van der Waals surface area contributed by atoms with Crippen molar-refractivity contribution in [2.75, 3.05) is 11.1 Å². The molecule has 1 amide bonds. The van der Waals surface area contributed by atoms with Crippen LogP contribution in [0.3, 0.4) is 0 Å². The molecule has 6 N–H and O–H groups in total. The number of nitrogen functional groups attached to an aromatic ring is 1. The number of para-hydroxylation sites is 1. The summed E-state index contributed by atoms with van der Waals surface area (Å²) in [4.78, 5) is 25.5. The summed E-state index contributed by atoms with van der Waals surface area (Å²) in [5.74, 6) is -0.549. The molecule has 3 aromatic heterocycles. The molecule has 34 heavy (non-hydrogen) atoms.